The lowest BCUT2D eigenvalue weighted by Gasteiger charge is -2.16. The zero-order valence-corrected chi connectivity index (χ0v) is 15.3. The molecule has 0 aromatic heterocycles. The van der Waals surface area contributed by atoms with Gasteiger partial charge in [0.25, 0.3) is 0 Å². The fourth-order valence-electron chi connectivity index (χ4n) is 2.22. The Morgan fingerprint density at radius 1 is 0.917 bits per heavy atom. The van der Waals surface area contributed by atoms with Crippen molar-refractivity contribution < 1.29 is 9.00 Å². The minimum atomic E-state index is -0.954. The van der Waals surface area contributed by atoms with Gasteiger partial charge in [-0.05, 0) is 48.9 Å². The van der Waals surface area contributed by atoms with E-state index in [1.165, 1.54) is 0 Å². The van der Waals surface area contributed by atoms with Crippen molar-refractivity contribution in [2.24, 2.45) is 5.92 Å². The summed E-state index contributed by atoms with van der Waals surface area (Å²) < 4.78 is 11.4. The Hall–Kier alpha value is -2.14. The highest BCUT2D eigenvalue weighted by molar-refractivity contribution is 7.84. The van der Waals surface area contributed by atoms with Gasteiger partial charge in [-0.25, -0.2) is 0 Å². The SMILES string of the molecule is CC(C)C(=O)Nc1ccc(N[C@H](C)c2ccc([S@@](C)=O)cc2)cc1. The van der Waals surface area contributed by atoms with Crippen LogP contribution in [0.1, 0.15) is 32.4 Å². The van der Waals surface area contributed by atoms with E-state index < -0.39 is 10.8 Å². The van der Waals surface area contributed by atoms with E-state index in [0.717, 1.165) is 21.8 Å². The summed E-state index contributed by atoms with van der Waals surface area (Å²) in [4.78, 5) is 12.5. The molecule has 128 valence electrons. The number of hydrogen-bond acceptors (Lipinski definition) is 3. The molecule has 2 aromatic carbocycles. The lowest BCUT2D eigenvalue weighted by atomic mass is 10.1. The van der Waals surface area contributed by atoms with Crippen molar-refractivity contribution in [1.82, 2.24) is 0 Å². The van der Waals surface area contributed by atoms with Crippen LogP contribution in [0.3, 0.4) is 0 Å². The molecule has 2 N–H and O–H groups in total. The number of hydrogen-bond donors (Lipinski definition) is 2. The van der Waals surface area contributed by atoms with E-state index in [1.807, 2.05) is 62.4 Å². The van der Waals surface area contributed by atoms with Crippen LogP contribution in [0, 0.1) is 5.92 Å². The van der Waals surface area contributed by atoms with Gasteiger partial charge in [-0.3, -0.25) is 9.00 Å². The maximum atomic E-state index is 11.7. The molecule has 5 heteroatoms. The smallest absolute Gasteiger partial charge is 0.226 e. The first-order chi connectivity index (χ1) is 11.4. The molecular formula is C19H24N2O2S. The molecular weight excluding hydrogens is 320 g/mol. The molecule has 1 amide bonds. The van der Waals surface area contributed by atoms with Crippen molar-refractivity contribution in [1.29, 1.82) is 0 Å². The van der Waals surface area contributed by atoms with E-state index in [9.17, 15) is 9.00 Å². The summed E-state index contributed by atoms with van der Waals surface area (Å²) in [6, 6.07) is 15.6. The predicted molar refractivity (Wildman–Crippen MR) is 101 cm³/mol. The zero-order chi connectivity index (χ0) is 17.7. The number of amides is 1. The van der Waals surface area contributed by atoms with Gasteiger partial charge in [0, 0.05) is 45.3 Å². The van der Waals surface area contributed by atoms with E-state index in [4.69, 9.17) is 0 Å². The second-order valence-corrected chi connectivity index (χ2v) is 7.49. The van der Waals surface area contributed by atoms with Crippen LogP contribution in [-0.2, 0) is 15.6 Å². The average Bonchev–Trinajstić information content (AvgIpc) is 2.56. The molecule has 4 nitrogen and oxygen atoms in total. The lowest BCUT2D eigenvalue weighted by Crippen LogP contribution is -2.17. The molecule has 0 radical (unpaired) electrons. The van der Waals surface area contributed by atoms with Crippen LogP contribution >= 0.6 is 0 Å². The third-order valence-corrected chi connectivity index (χ3v) is 4.71. The molecule has 0 spiro atoms. The van der Waals surface area contributed by atoms with E-state index in [0.29, 0.717) is 0 Å². The summed E-state index contributed by atoms with van der Waals surface area (Å²) in [6.45, 7) is 5.81. The van der Waals surface area contributed by atoms with Gasteiger partial charge in [-0.15, -0.1) is 0 Å². The summed E-state index contributed by atoms with van der Waals surface area (Å²) >= 11 is 0. The van der Waals surface area contributed by atoms with Gasteiger partial charge in [-0.2, -0.15) is 0 Å². The van der Waals surface area contributed by atoms with Crippen molar-refractivity contribution in [2.75, 3.05) is 16.9 Å². The predicted octanol–water partition coefficient (Wildman–Crippen LogP) is 4.19. The monoisotopic (exact) mass is 344 g/mol. The van der Waals surface area contributed by atoms with Crippen molar-refractivity contribution in [3.05, 3.63) is 54.1 Å². The summed E-state index contributed by atoms with van der Waals surface area (Å²) in [7, 11) is -0.954. The maximum Gasteiger partial charge on any atom is 0.226 e. The molecule has 0 heterocycles. The van der Waals surface area contributed by atoms with Crippen LogP contribution in [0.25, 0.3) is 0 Å². The second kappa shape index (κ2) is 8.11. The summed E-state index contributed by atoms with van der Waals surface area (Å²) in [6.07, 6.45) is 1.68. The van der Waals surface area contributed by atoms with Crippen molar-refractivity contribution in [2.45, 2.75) is 31.7 Å². The van der Waals surface area contributed by atoms with Crippen molar-refractivity contribution in [3.8, 4) is 0 Å². The highest BCUT2D eigenvalue weighted by Gasteiger charge is 2.08. The number of rotatable bonds is 6. The van der Waals surface area contributed by atoms with Crippen LogP contribution in [0.2, 0.25) is 0 Å². The zero-order valence-electron chi connectivity index (χ0n) is 14.5. The first-order valence-electron chi connectivity index (χ1n) is 7.97. The molecule has 0 bridgehead atoms. The van der Waals surface area contributed by atoms with Crippen LogP contribution in [0.5, 0.6) is 0 Å². The Balaban J connectivity index is 2.00. The number of benzene rings is 2. The van der Waals surface area contributed by atoms with Gasteiger partial charge in [-0.1, -0.05) is 26.0 Å². The average molecular weight is 344 g/mol. The molecule has 2 aromatic rings. The summed E-state index contributed by atoms with van der Waals surface area (Å²) in [5.41, 5.74) is 2.90. The normalized spacial score (nSPS) is 13.4. The topological polar surface area (TPSA) is 58.2 Å². The molecule has 2 atom stereocenters. The maximum absolute atomic E-state index is 11.7. The molecule has 0 aliphatic rings. The number of nitrogens with one attached hydrogen (secondary N) is 2. The van der Waals surface area contributed by atoms with Crippen LogP contribution in [0.4, 0.5) is 11.4 Å². The minimum absolute atomic E-state index is 0.0116. The quantitative estimate of drug-likeness (QED) is 0.826. The van der Waals surface area contributed by atoms with E-state index in [1.54, 1.807) is 6.26 Å². The number of anilines is 2. The van der Waals surface area contributed by atoms with Gasteiger partial charge in [0.05, 0.1) is 0 Å². The first-order valence-corrected chi connectivity index (χ1v) is 9.53. The fourth-order valence-corrected chi connectivity index (χ4v) is 2.74. The Kier molecular flexibility index (Phi) is 6.15. The van der Waals surface area contributed by atoms with Crippen LogP contribution in [0.15, 0.2) is 53.4 Å². The summed E-state index contributed by atoms with van der Waals surface area (Å²) in [5.74, 6) is -0.0271. The Morgan fingerprint density at radius 3 is 1.96 bits per heavy atom. The molecule has 0 saturated carbocycles. The fraction of sp³-hybridized carbons (Fsp3) is 0.316. The molecule has 2 rings (SSSR count). The first kappa shape index (κ1) is 18.2. The third kappa shape index (κ3) is 4.93. The number of carbonyl (C=O) groups is 1. The second-order valence-electron chi connectivity index (χ2n) is 6.11. The van der Waals surface area contributed by atoms with Gasteiger partial charge in [0.2, 0.25) is 5.91 Å². The molecule has 0 aliphatic heterocycles. The molecule has 24 heavy (non-hydrogen) atoms. The van der Waals surface area contributed by atoms with Crippen molar-refractivity contribution >= 4 is 28.1 Å². The molecule has 0 saturated heterocycles. The third-order valence-electron chi connectivity index (χ3n) is 3.77. The summed E-state index contributed by atoms with van der Waals surface area (Å²) in [5, 5.41) is 6.30. The Labute approximate surface area is 146 Å². The molecule has 0 fully saturated rings. The lowest BCUT2D eigenvalue weighted by molar-refractivity contribution is -0.118. The number of carbonyl (C=O) groups excluding carboxylic acids is 1. The van der Waals surface area contributed by atoms with Crippen molar-refractivity contribution in [3.63, 3.8) is 0 Å². The highest BCUT2D eigenvalue weighted by atomic mass is 32.2. The van der Waals surface area contributed by atoms with Crippen LogP contribution in [-0.4, -0.2) is 16.4 Å². The minimum Gasteiger partial charge on any atom is -0.379 e. The largest absolute Gasteiger partial charge is 0.379 e. The van der Waals surface area contributed by atoms with Gasteiger partial charge >= 0.3 is 0 Å². The van der Waals surface area contributed by atoms with Gasteiger partial charge in [0.15, 0.2) is 0 Å². The van der Waals surface area contributed by atoms with E-state index in [-0.39, 0.29) is 17.9 Å². The Bertz CT molecular complexity index is 709. The van der Waals surface area contributed by atoms with E-state index in [2.05, 4.69) is 17.6 Å². The van der Waals surface area contributed by atoms with Gasteiger partial charge < -0.3 is 10.6 Å². The van der Waals surface area contributed by atoms with Gasteiger partial charge in [0.1, 0.15) is 0 Å². The molecule has 0 unspecified atom stereocenters. The standard InChI is InChI=1S/C19H24N2O2S/c1-13(2)19(22)21-17-9-7-16(8-10-17)20-14(3)15-5-11-18(12-6-15)24(4)23/h5-14,20H,1-4H3,(H,21,22)/t14-,24-/m1/s1. The highest BCUT2D eigenvalue weighted by Crippen LogP contribution is 2.22. The molecule has 0 aliphatic carbocycles. The Morgan fingerprint density at radius 2 is 1.46 bits per heavy atom. The van der Waals surface area contributed by atoms with Crippen LogP contribution < -0.4 is 10.6 Å². The van der Waals surface area contributed by atoms with E-state index >= 15 is 0 Å².